The van der Waals surface area contributed by atoms with E-state index in [4.69, 9.17) is 0 Å². The lowest BCUT2D eigenvalue weighted by Crippen LogP contribution is -2.32. The molecule has 0 radical (unpaired) electrons. The number of hydrogen-bond acceptors (Lipinski definition) is 2. The van der Waals surface area contributed by atoms with Gasteiger partial charge in [0.2, 0.25) is 5.91 Å². The predicted molar refractivity (Wildman–Crippen MR) is 52.7 cm³/mol. The van der Waals surface area contributed by atoms with Crippen LogP contribution in [-0.2, 0) is 11.2 Å². The number of amides is 1. The van der Waals surface area contributed by atoms with Crippen LogP contribution in [0, 0.1) is 0 Å². The Hall–Kier alpha value is -1.35. The minimum atomic E-state index is -0.490. The van der Waals surface area contributed by atoms with Crippen molar-refractivity contribution in [1.29, 1.82) is 0 Å². The first kappa shape index (κ1) is 9.21. The van der Waals surface area contributed by atoms with Crippen molar-refractivity contribution in [2.45, 2.75) is 25.5 Å². The van der Waals surface area contributed by atoms with E-state index < -0.39 is 6.10 Å². The number of fused-ring (bicyclic) bond motifs is 1. The van der Waals surface area contributed by atoms with Gasteiger partial charge in [0.05, 0.1) is 12.1 Å². The Labute approximate surface area is 82.8 Å². The summed E-state index contributed by atoms with van der Waals surface area (Å²) < 4.78 is 0. The standard InChI is InChI=1S/C11H13NO2/c1-7(13)12-11-9-5-3-2-4-8(9)6-10(11)14/h2-5,10-11,14H,6H2,1H3,(H,12,13)/t10?,11-/m1/s1. The van der Waals surface area contributed by atoms with Crippen molar-refractivity contribution in [3.05, 3.63) is 35.4 Å². The zero-order valence-corrected chi connectivity index (χ0v) is 8.03. The molecule has 0 spiro atoms. The molecule has 0 heterocycles. The molecule has 0 aromatic heterocycles. The summed E-state index contributed by atoms with van der Waals surface area (Å²) >= 11 is 0. The number of benzene rings is 1. The van der Waals surface area contributed by atoms with E-state index in [1.54, 1.807) is 0 Å². The molecular weight excluding hydrogens is 178 g/mol. The van der Waals surface area contributed by atoms with E-state index in [0.717, 1.165) is 11.1 Å². The minimum absolute atomic E-state index is 0.106. The van der Waals surface area contributed by atoms with E-state index in [1.807, 2.05) is 24.3 Å². The second kappa shape index (κ2) is 3.42. The smallest absolute Gasteiger partial charge is 0.217 e. The van der Waals surface area contributed by atoms with E-state index in [-0.39, 0.29) is 11.9 Å². The molecule has 2 rings (SSSR count). The molecule has 0 saturated heterocycles. The first-order valence-electron chi connectivity index (χ1n) is 4.71. The van der Waals surface area contributed by atoms with E-state index in [0.29, 0.717) is 6.42 Å². The third-order valence-corrected chi connectivity index (χ3v) is 2.56. The highest BCUT2D eigenvalue weighted by Crippen LogP contribution is 2.30. The van der Waals surface area contributed by atoms with Crippen LogP contribution in [0.1, 0.15) is 24.1 Å². The van der Waals surface area contributed by atoms with Crippen LogP contribution in [0.4, 0.5) is 0 Å². The zero-order valence-electron chi connectivity index (χ0n) is 8.03. The van der Waals surface area contributed by atoms with Gasteiger partial charge in [0.25, 0.3) is 0 Å². The van der Waals surface area contributed by atoms with Gasteiger partial charge in [0.1, 0.15) is 0 Å². The first-order valence-corrected chi connectivity index (χ1v) is 4.71. The van der Waals surface area contributed by atoms with Crippen molar-refractivity contribution >= 4 is 5.91 Å². The molecule has 1 aliphatic carbocycles. The third-order valence-electron chi connectivity index (χ3n) is 2.56. The summed E-state index contributed by atoms with van der Waals surface area (Å²) in [6, 6.07) is 7.57. The normalized spacial score (nSPS) is 24.4. The van der Waals surface area contributed by atoms with Crippen molar-refractivity contribution < 1.29 is 9.90 Å². The Morgan fingerprint density at radius 3 is 2.93 bits per heavy atom. The van der Waals surface area contributed by atoms with Crippen LogP contribution in [0.5, 0.6) is 0 Å². The molecule has 74 valence electrons. The number of aliphatic hydroxyl groups excluding tert-OH is 1. The van der Waals surface area contributed by atoms with Crippen LogP contribution in [0.3, 0.4) is 0 Å². The Bertz CT molecular complexity index is 362. The molecule has 2 N–H and O–H groups in total. The summed E-state index contributed by atoms with van der Waals surface area (Å²) in [7, 11) is 0. The summed E-state index contributed by atoms with van der Waals surface area (Å²) in [5.74, 6) is -0.106. The second-order valence-corrected chi connectivity index (χ2v) is 3.65. The lowest BCUT2D eigenvalue weighted by Gasteiger charge is -2.16. The fourth-order valence-electron chi connectivity index (χ4n) is 1.97. The van der Waals surface area contributed by atoms with Gasteiger partial charge in [-0.3, -0.25) is 4.79 Å². The van der Waals surface area contributed by atoms with Crippen molar-refractivity contribution in [3.8, 4) is 0 Å². The van der Waals surface area contributed by atoms with Gasteiger partial charge in [-0.25, -0.2) is 0 Å². The van der Waals surface area contributed by atoms with Crippen LogP contribution < -0.4 is 5.32 Å². The maximum atomic E-state index is 10.9. The van der Waals surface area contributed by atoms with Gasteiger partial charge in [0, 0.05) is 13.3 Å². The number of aliphatic hydroxyl groups is 1. The van der Waals surface area contributed by atoms with Gasteiger partial charge in [-0.05, 0) is 11.1 Å². The first-order chi connectivity index (χ1) is 6.68. The summed E-state index contributed by atoms with van der Waals surface area (Å²) in [6.45, 7) is 1.47. The molecule has 0 aliphatic heterocycles. The molecule has 1 unspecified atom stereocenters. The van der Waals surface area contributed by atoms with Gasteiger partial charge in [0.15, 0.2) is 0 Å². The highest BCUT2D eigenvalue weighted by molar-refractivity contribution is 5.73. The van der Waals surface area contributed by atoms with Gasteiger partial charge in [-0.15, -0.1) is 0 Å². The molecule has 1 aliphatic rings. The number of hydrogen-bond donors (Lipinski definition) is 2. The van der Waals surface area contributed by atoms with Gasteiger partial charge >= 0.3 is 0 Å². The summed E-state index contributed by atoms with van der Waals surface area (Å²) in [5.41, 5.74) is 2.16. The molecular formula is C11H13NO2. The maximum absolute atomic E-state index is 10.9. The fraction of sp³-hybridized carbons (Fsp3) is 0.364. The number of nitrogens with one attached hydrogen (secondary N) is 1. The molecule has 1 amide bonds. The Balaban J connectivity index is 2.30. The van der Waals surface area contributed by atoms with Crippen molar-refractivity contribution in [2.24, 2.45) is 0 Å². The maximum Gasteiger partial charge on any atom is 0.217 e. The topological polar surface area (TPSA) is 49.3 Å². The van der Waals surface area contributed by atoms with Crippen molar-refractivity contribution in [1.82, 2.24) is 5.32 Å². The van der Waals surface area contributed by atoms with E-state index in [2.05, 4.69) is 5.32 Å². The molecule has 14 heavy (non-hydrogen) atoms. The van der Waals surface area contributed by atoms with Gasteiger partial charge in [-0.2, -0.15) is 0 Å². The number of carbonyl (C=O) groups is 1. The van der Waals surface area contributed by atoms with Crippen LogP contribution in [-0.4, -0.2) is 17.1 Å². The lowest BCUT2D eigenvalue weighted by molar-refractivity contribution is -0.120. The van der Waals surface area contributed by atoms with Gasteiger partial charge < -0.3 is 10.4 Å². The average molecular weight is 191 g/mol. The number of carbonyl (C=O) groups excluding carboxylic acids is 1. The van der Waals surface area contributed by atoms with E-state index in [1.165, 1.54) is 6.92 Å². The molecule has 2 atom stereocenters. The number of rotatable bonds is 1. The van der Waals surface area contributed by atoms with Crippen LogP contribution in [0.25, 0.3) is 0 Å². The van der Waals surface area contributed by atoms with Crippen LogP contribution >= 0.6 is 0 Å². The van der Waals surface area contributed by atoms with Crippen LogP contribution in [0.15, 0.2) is 24.3 Å². The molecule has 0 fully saturated rings. The minimum Gasteiger partial charge on any atom is -0.390 e. The second-order valence-electron chi connectivity index (χ2n) is 3.65. The van der Waals surface area contributed by atoms with Crippen LogP contribution in [0.2, 0.25) is 0 Å². The molecule has 1 aromatic carbocycles. The summed E-state index contributed by atoms with van der Waals surface area (Å²) in [6.07, 6.45) is 0.137. The molecule has 0 saturated carbocycles. The van der Waals surface area contributed by atoms with Crippen molar-refractivity contribution in [3.63, 3.8) is 0 Å². The lowest BCUT2D eigenvalue weighted by atomic mass is 10.1. The SMILES string of the molecule is CC(=O)N[C@@H]1c2ccccc2CC1O. The zero-order chi connectivity index (χ0) is 10.1. The average Bonchev–Trinajstić information content (AvgIpc) is 2.43. The quantitative estimate of drug-likeness (QED) is 0.689. The Morgan fingerprint density at radius 1 is 1.50 bits per heavy atom. The highest BCUT2D eigenvalue weighted by atomic mass is 16.3. The highest BCUT2D eigenvalue weighted by Gasteiger charge is 2.30. The van der Waals surface area contributed by atoms with Crippen molar-refractivity contribution in [2.75, 3.05) is 0 Å². The Kier molecular flexibility index (Phi) is 2.25. The predicted octanol–water partition coefficient (Wildman–Crippen LogP) is 0.781. The molecule has 1 aromatic rings. The summed E-state index contributed by atoms with van der Waals surface area (Å²) in [4.78, 5) is 10.9. The molecule has 3 nitrogen and oxygen atoms in total. The molecule has 0 bridgehead atoms. The van der Waals surface area contributed by atoms with Gasteiger partial charge in [-0.1, -0.05) is 24.3 Å². The van der Waals surface area contributed by atoms with E-state index >= 15 is 0 Å². The summed E-state index contributed by atoms with van der Waals surface area (Å²) in [5, 5.41) is 12.5. The molecule has 3 heteroatoms. The Morgan fingerprint density at radius 2 is 2.21 bits per heavy atom. The monoisotopic (exact) mass is 191 g/mol. The van der Waals surface area contributed by atoms with E-state index in [9.17, 15) is 9.90 Å². The fourth-order valence-corrected chi connectivity index (χ4v) is 1.97. The third kappa shape index (κ3) is 1.51. The largest absolute Gasteiger partial charge is 0.390 e.